The van der Waals surface area contributed by atoms with Crippen LogP contribution in [0, 0.1) is 0 Å². The van der Waals surface area contributed by atoms with Gasteiger partial charge in [0.15, 0.2) is 5.09 Å². The first-order chi connectivity index (χ1) is 12.3. The van der Waals surface area contributed by atoms with Crippen LogP contribution in [0.1, 0.15) is 67.3 Å². The van der Waals surface area contributed by atoms with Gasteiger partial charge < -0.3 is 9.52 Å². The number of thiol groups is 1. The molecule has 2 aromatic rings. The SMILES string of the molecule is O=C(O)c1cc(CCCCCCCCCC(F)(F)F)cc2oc(S)cc12. The van der Waals surface area contributed by atoms with Crippen molar-refractivity contribution in [3.05, 3.63) is 29.3 Å². The Hall–Kier alpha value is -1.63. The van der Waals surface area contributed by atoms with Crippen molar-refractivity contribution < 1.29 is 27.5 Å². The zero-order valence-electron chi connectivity index (χ0n) is 14.4. The highest BCUT2D eigenvalue weighted by Crippen LogP contribution is 2.28. The Morgan fingerprint density at radius 2 is 1.62 bits per heavy atom. The fourth-order valence-electron chi connectivity index (χ4n) is 3.04. The first-order valence-electron chi connectivity index (χ1n) is 8.82. The van der Waals surface area contributed by atoms with Crippen LogP contribution in [-0.4, -0.2) is 17.3 Å². The number of aromatic carboxylic acids is 1. The van der Waals surface area contributed by atoms with E-state index in [1.165, 1.54) is 0 Å². The van der Waals surface area contributed by atoms with Crippen LogP contribution in [0.25, 0.3) is 11.0 Å². The Morgan fingerprint density at radius 3 is 2.23 bits per heavy atom. The van der Waals surface area contributed by atoms with Crippen molar-refractivity contribution >= 4 is 29.6 Å². The minimum Gasteiger partial charge on any atom is -0.478 e. The van der Waals surface area contributed by atoms with Crippen LogP contribution in [0.15, 0.2) is 27.7 Å². The highest BCUT2D eigenvalue weighted by molar-refractivity contribution is 7.80. The van der Waals surface area contributed by atoms with Crippen molar-refractivity contribution in [2.45, 2.75) is 69.1 Å². The molecule has 0 aliphatic carbocycles. The molecular weight excluding hydrogens is 365 g/mol. The van der Waals surface area contributed by atoms with Gasteiger partial charge in [0, 0.05) is 11.8 Å². The number of carboxylic acid groups (broad SMARTS) is 1. The molecular formula is C19H23F3O3S. The van der Waals surface area contributed by atoms with Gasteiger partial charge in [-0.25, -0.2) is 4.79 Å². The van der Waals surface area contributed by atoms with Crippen molar-refractivity contribution in [3.8, 4) is 0 Å². The average molecular weight is 388 g/mol. The molecule has 2 rings (SSSR count). The highest BCUT2D eigenvalue weighted by atomic mass is 32.1. The number of carbonyl (C=O) groups is 1. The van der Waals surface area contributed by atoms with Crippen LogP contribution in [0.5, 0.6) is 0 Å². The second-order valence-corrected chi connectivity index (χ2v) is 6.98. The van der Waals surface area contributed by atoms with E-state index in [0.717, 1.165) is 44.1 Å². The zero-order valence-corrected chi connectivity index (χ0v) is 15.3. The number of benzene rings is 1. The van der Waals surface area contributed by atoms with Gasteiger partial charge in [0.05, 0.1) is 5.56 Å². The van der Waals surface area contributed by atoms with E-state index in [-0.39, 0.29) is 12.0 Å². The number of fused-ring (bicyclic) bond motifs is 1. The van der Waals surface area contributed by atoms with Gasteiger partial charge in [-0.05, 0) is 43.0 Å². The minimum atomic E-state index is -4.04. The maximum Gasteiger partial charge on any atom is 0.389 e. The maximum atomic E-state index is 12.0. The van der Waals surface area contributed by atoms with Crippen LogP contribution in [0.3, 0.4) is 0 Å². The standard InChI is InChI=1S/C19H23F3O3S/c20-19(21,22)9-7-5-3-1-2-4-6-8-13-10-15(18(23)24)14-12-17(26)25-16(14)11-13/h10-12,26H,1-9H2,(H,23,24). The summed E-state index contributed by atoms with van der Waals surface area (Å²) in [6.45, 7) is 0. The monoisotopic (exact) mass is 388 g/mol. The molecule has 0 spiro atoms. The van der Waals surface area contributed by atoms with Crippen molar-refractivity contribution in [2.75, 3.05) is 0 Å². The summed E-state index contributed by atoms with van der Waals surface area (Å²) in [4.78, 5) is 11.4. The van der Waals surface area contributed by atoms with Crippen LogP contribution in [0.4, 0.5) is 13.2 Å². The Balaban J connectivity index is 1.72. The third-order valence-corrected chi connectivity index (χ3v) is 4.56. The van der Waals surface area contributed by atoms with Crippen LogP contribution < -0.4 is 0 Å². The van der Waals surface area contributed by atoms with Gasteiger partial charge >= 0.3 is 12.1 Å². The molecule has 26 heavy (non-hydrogen) atoms. The number of furan rings is 1. The van der Waals surface area contributed by atoms with Crippen molar-refractivity contribution in [1.82, 2.24) is 0 Å². The lowest BCUT2D eigenvalue weighted by molar-refractivity contribution is -0.135. The number of rotatable bonds is 10. The van der Waals surface area contributed by atoms with E-state index in [2.05, 4.69) is 12.6 Å². The molecule has 0 bridgehead atoms. The van der Waals surface area contributed by atoms with Crippen LogP contribution in [0.2, 0.25) is 0 Å². The second-order valence-electron chi connectivity index (χ2n) is 6.54. The average Bonchev–Trinajstić information content (AvgIpc) is 2.91. The van der Waals surface area contributed by atoms with E-state index in [0.29, 0.717) is 22.5 Å². The smallest absolute Gasteiger partial charge is 0.389 e. The van der Waals surface area contributed by atoms with E-state index in [4.69, 9.17) is 4.42 Å². The normalized spacial score (nSPS) is 12.0. The topological polar surface area (TPSA) is 50.4 Å². The number of unbranched alkanes of at least 4 members (excludes halogenated alkanes) is 6. The van der Waals surface area contributed by atoms with E-state index in [1.807, 2.05) is 6.07 Å². The van der Waals surface area contributed by atoms with E-state index in [1.54, 1.807) is 12.1 Å². The first kappa shape index (κ1) is 20.7. The molecule has 0 amide bonds. The first-order valence-corrected chi connectivity index (χ1v) is 9.26. The predicted octanol–water partition coefficient (Wildman–Crippen LogP) is 6.65. The predicted molar refractivity (Wildman–Crippen MR) is 97.1 cm³/mol. The second kappa shape index (κ2) is 9.35. The summed E-state index contributed by atoms with van der Waals surface area (Å²) >= 11 is 4.12. The van der Waals surface area contributed by atoms with E-state index < -0.39 is 18.6 Å². The largest absolute Gasteiger partial charge is 0.478 e. The van der Waals surface area contributed by atoms with Crippen LogP contribution >= 0.6 is 12.6 Å². The fourth-order valence-corrected chi connectivity index (χ4v) is 3.27. The number of hydrogen-bond donors (Lipinski definition) is 2. The molecule has 0 saturated carbocycles. The van der Waals surface area contributed by atoms with Gasteiger partial charge in [-0.3, -0.25) is 0 Å². The van der Waals surface area contributed by atoms with Crippen molar-refractivity contribution in [3.63, 3.8) is 0 Å². The molecule has 3 nitrogen and oxygen atoms in total. The van der Waals surface area contributed by atoms with Gasteiger partial charge in [0.1, 0.15) is 5.58 Å². The summed E-state index contributed by atoms with van der Waals surface area (Å²) in [6, 6.07) is 5.12. The fraction of sp³-hybridized carbons (Fsp3) is 0.526. The van der Waals surface area contributed by atoms with E-state index >= 15 is 0 Å². The van der Waals surface area contributed by atoms with Crippen molar-refractivity contribution in [1.29, 1.82) is 0 Å². The number of alkyl halides is 3. The summed E-state index contributed by atoms with van der Waals surface area (Å²) in [5.41, 5.74) is 1.64. The lowest BCUT2D eigenvalue weighted by Crippen LogP contribution is -2.06. The molecule has 0 saturated heterocycles. The third kappa shape index (κ3) is 6.59. The molecule has 0 aliphatic heterocycles. The molecule has 1 aromatic carbocycles. The lowest BCUT2D eigenvalue weighted by atomic mass is 10.0. The molecule has 0 radical (unpaired) electrons. The molecule has 1 heterocycles. The molecule has 0 aliphatic rings. The molecule has 7 heteroatoms. The summed E-state index contributed by atoms with van der Waals surface area (Å²) in [5.74, 6) is -0.996. The van der Waals surface area contributed by atoms with Gasteiger partial charge in [-0.15, -0.1) is 12.6 Å². The summed E-state index contributed by atoms with van der Waals surface area (Å²) < 4.78 is 41.5. The number of aryl methyl sites for hydroxylation is 1. The maximum absolute atomic E-state index is 12.0. The number of halogens is 3. The van der Waals surface area contributed by atoms with Crippen LogP contribution in [-0.2, 0) is 6.42 Å². The number of carboxylic acids is 1. The van der Waals surface area contributed by atoms with Gasteiger partial charge in [0.25, 0.3) is 0 Å². The minimum absolute atomic E-state index is 0.206. The van der Waals surface area contributed by atoms with Gasteiger partial charge in [0.2, 0.25) is 0 Å². The molecule has 1 N–H and O–H groups in total. The highest BCUT2D eigenvalue weighted by Gasteiger charge is 2.25. The molecule has 144 valence electrons. The van der Waals surface area contributed by atoms with Gasteiger partial charge in [-0.1, -0.05) is 32.1 Å². The van der Waals surface area contributed by atoms with Gasteiger partial charge in [-0.2, -0.15) is 13.2 Å². The summed E-state index contributed by atoms with van der Waals surface area (Å²) in [5, 5.41) is 10.3. The Kier molecular flexibility index (Phi) is 7.43. The summed E-state index contributed by atoms with van der Waals surface area (Å²) in [6.07, 6.45) is 1.42. The molecule has 0 fully saturated rings. The number of hydrogen-bond acceptors (Lipinski definition) is 3. The Morgan fingerprint density at radius 1 is 1.00 bits per heavy atom. The third-order valence-electron chi connectivity index (χ3n) is 4.34. The summed E-state index contributed by atoms with van der Waals surface area (Å²) in [7, 11) is 0. The molecule has 0 atom stereocenters. The van der Waals surface area contributed by atoms with E-state index in [9.17, 15) is 23.1 Å². The Labute approximate surface area is 156 Å². The quantitative estimate of drug-likeness (QED) is 0.354. The Bertz CT molecular complexity index is 737. The molecule has 1 aromatic heterocycles. The molecule has 0 unspecified atom stereocenters. The zero-order chi connectivity index (χ0) is 19.2. The van der Waals surface area contributed by atoms with Crippen molar-refractivity contribution in [2.24, 2.45) is 0 Å². The lowest BCUT2D eigenvalue weighted by Gasteiger charge is -2.06.